The minimum absolute atomic E-state index is 0. The predicted octanol–water partition coefficient (Wildman–Crippen LogP) is 1.78. The maximum absolute atomic E-state index is 6.03. The number of halogens is 1. The standard InChI is InChI=1S/C14H19N5.ClH/c1-2-18-7-9-19(10-8-18)14-16-12-6-4-3-5-11(12)13(15)17-14;/h3-6H,2,7-10H2,1H3,(H2,15,16,17);1H. The second kappa shape index (κ2) is 6.24. The molecule has 2 N–H and O–H groups in total. The molecule has 0 bridgehead atoms. The molecule has 1 aliphatic rings. The quantitative estimate of drug-likeness (QED) is 0.914. The molecular formula is C14H20ClN5. The molecular weight excluding hydrogens is 274 g/mol. The van der Waals surface area contributed by atoms with E-state index in [0.29, 0.717) is 5.82 Å². The molecule has 6 heteroatoms. The van der Waals surface area contributed by atoms with Crippen molar-refractivity contribution in [2.75, 3.05) is 43.4 Å². The lowest BCUT2D eigenvalue weighted by molar-refractivity contribution is 0.270. The van der Waals surface area contributed by atoms with Gasteiger partial charge in [-0.15, -0.1) is 12.4 Å². The highest BCUT2D eigenvalue weighted by Gasteiger charge is 2.18. The number of nitrogens with zero attached hydrogens (tertiary/aromatic N) is 4. The molecule has 1 aromatic heterocycles. The number of anilines is 2. The Balaban J connectivity index is 0.00000147. The molecule has 0 aliphatic carbocycles. The maximum Gasteiger partial charge on any atom is 0.227 e. The Hall–Kier alpha value is -1.59. The van der Waals surface area contributed by atoms with Gasteiger partial charge < -0.3 is 15.5 Å². The number of hydrogen-bond donors (Lipinski definition) is 1. The van der Waals surface area contributed by atoms with E-state index in [2.05, 4.69) is 26.7 Å². The van der Waals surface area contributed by atoms with Crippen molar-refractivity contribution >= 4 is 35.1 Å². The van der Waals surface area contributed by atoms with Gasteiger partial charge in [-0.25, -0.2) is 4.98 Å². The first-order chi connectivity index (χ1) is 9.28. The van der Waals surface area contributed by atoms with E-state index in [1.165, 1.54) is 0 Å². The van der Waals surface area contributed by atoms with E-state index in [-0.39, 0.29) is 12.4 Å². The van der Waals surface area contributed by atoms with E-state index in [4.69, 9.17) is 5.73 Å². The third kappa shape index (κ3) is 2.78. The summed E-state index contributed by atoms with van der Waals surface area (Å²) >= 11 is 0. The van der Waals surface area contributed by atoms with Crippen LogP contribution in [0.4, 0.5) is 11.8 Å². The number of benzene rings is 1. The number of aromatic nitrogens is 2. The fourth-order valence-corrected chi connectivity index (χ4v) is 2.49. The molecule has 0 radical (unpaired) electrons. The summed E-state index contributed by atoms with van der Waals surface area (Å²) in [5.41, 5.74) is 6.95. The van der Waals surface area contributed by atoms with Gasteiger partial charge in [0.15, 0.2) is 0 Å². The molecule has 20 heavy (non-hydrogen) atoms. The first kappa shape index (κ1) is 14.8. The molecule has 2 heterocycles. The zero-order valence-corrected chi connectivity index (χ0v) is 12.4. The van der Waals surface area contributed by atoms with Crippen LogP contribution in [-0.2, 0) is 0 Å². The Morgan fingerprint density at radius 1 is 1.10 bits per heavy atom. The third-order valence-corrected chi connectivity index (χ3v) is 3.72. The van der Waals surface area contributed by atoms with Crippen LogP contribution in [0, 0.1) is 0 Å². The Kier molecular flexibility index (Phi) is 4.62. The maximum atomic E-state index is 6.03. The summed E-state index contributed by atoms with van der Waals surface area (Å²) in [6.07, 6.45) is 0. The van der Waals surface area contributed by atoms with Crippen molar-refractivity contribution in [1.29, 1.82) is 0 Å². The van der Waals surface area contributed by atoms with Gasteiger partial charge in [0.05, 0.1) is 5.52 Å². The molecule has 0 unspecified atom stereocenters. The highest BCUT2D eigenvalue weighted by molar-refractivity contribution is 5.88. The van der Waals surface area contributed by atoms with Gasteiger partial charge in [0.1, 0.15) is 5.82 Å². The van der Waals surface area contributed by atoms with Crippen molar-refractivity contribution in [2.24, 2.45) is 0 Å². The molecule has 1 saturated heterocycles. The minimum atomic E-state index is 0. The van der Waals surface area contributed by atoms with Gasteiger partial charge in [-0.3, -0.25) is 0 Å². The summed E-state index contributed by atoms with van der Waals surface area (Å²) in [4.78, 5) is 13.7. The fourth-order valence-electron chi connectivity index (χ4n) is 2.49. The summed E-state index contributed by atoms with van der Waals surface area (Å²) in [5.74, 6) is 1.32. The first-order valence-corrected chi connectivity index (χ1v) is 6.77. The number of nitrogen functional groups attached to an aromatic ring is 1. The van der Waals surface area contributed by atoms with Crippen LogP contribution in [0.2, 0.25) is 0 Å². The molecule has 0 spiro atoms. The first-order valence-electron chi connectivity index (χ1n) is 6.77. The van der Waals surface area contributed by atoms with E-state index < -0.39 is 0 Å². The number of likely N-dealkylation sites (N-methyl/N-ethyl adjacent to an activating group) is 1. The van der Waals surface area contributed by atoms with Crippen LogP contribution >= 0.6 is 12.4 Å². The average Bonchev–Trinajstić information content (AvgIpc) is 2.47. The molecule has 2 aromatic rings. The number of nitrogens with two attached hydrogens (primary N) is 1. The number of hydrogen-bond acceptors (Lipinski definition) is 5. The summed E-state index contributed by atoms with van der Waals surface area (Å²) in [5, 5.41) is 0.929. The monoisotopic (exact) mass is 293 g/mol. The molecule has 3 rings (SSSR count). The third-order valence-electron chi connectivity index (χ3n) is 3.72. The fraction of sp³-hybridized carbons (Fsp3) is 0.429. The molecule has 1 aliphatic heterocycles. The van der Waals surface area contributed by atoms with Crippen molar-refractivity contribution in [1.82, 2.24) is 14.9 Å². The minimum Gasteiger partial charge on any atom is -0.383 e. The second-order valence-electron chi connectivity index (χ2n) is 4.85. The van der Waals surface area contributed by atoms with Crippen molar-refractivity contribution in [2.45, 2.75) is 6.92 Å². The van der Waals surface area contributed by atoms with Gasteiger partial charge in [0.2, 0.25) is 5.95 Å². The Labute approximate surface area is 125 Å². The van der Waals surface area contributed by atoms with Crippen molar-refractivity contribution in [3.63, 3.8) is 0 Å². The van der Waals surface area contributed by atoms with Gasteiger partial charge in [0.25, 0.3) is 0 Å². The van der Waals surface area contributed by atoms with Crippen LogP contribution < -0.4 is 10.6 Å². The van der Waals surface area contributed by atoms with Crippen LogP contribution in [0.3, 0.4) is 0 Å². The molecule has 1 fully saturated rings. The van der Waals surface area contributed by atoms with Crippen molar-refractivity contribution in [3.8, 4) is 0 Å². The normalized spacial score (nSPS) is 16.1. The number of fused-ring (bicyclic) bond motifs is 1. The smallest absolute Gasteiger partial charge is 0.227 e. The number of para-hydroxylation sites is 1. The van der Waals surface area contributed by atoms with E-state index >= 15 is 0 Å². The van der Waals surface area contributed by atoms with Crippen LogP contribution in [0.25, 0.3) is 10.9 Å². The molecule has 1 aromatic carbocycles. The Morgan fingerprint density at radius 3 is 2.50 bits per heavy atom. The largest absolute Gasteiger partial charge is 0.383 e. The topological polar surface area (TPSA) is 58.3 Å². The highest BCUT2D eigenvalue weighted by atomic mass is 35.5. The summed E-state index contributed by atoms with van der Waals surface area (Å²) in [7, 11) is 0. The van der Waals surface area contributed by atoms with E-state index in [1.807, 2.05) is 24.3 Å². The Bertz CT molecular complexity index is 581. The van der Waals surface area contributed by atoms with Crippen LogP contribution in [0.15, 0.2) is 24.3 Å². The SMILES string of the molecule is CCN1CCN(c2nc(N)c3ccccc3n2)CC1.Cl. The zero-order chi connectivity index (χ0) is 13.2. The summed E-state index contributed by atoms with van der Waals surface area (Å²) in [6.45, 7) is 7.35. The highest BCUT2D eigenvalue weighted by Crippen LogP contribution is 2.21. The lowest BCUT2D eigenvalue weighted by Gasteiger charge is -2.34. The average molecular weight is 294 g/mol. The van der Waals surface area contributed by atoms with Crippen LogP contribution in [0.1, 0.15) is 6.92 Å². The molecule has 0 saturated carbocycles. The van der Waals surface area contributed by atoms with E-state index in [9.17, 15) is 0 Å². The van der Waals surface area contributed by atoms with Gasteiger partial charge in [-0.1, -0.05) is 19.1 Å². The number of piperazine rings is 1. The van der Waals surface area contributed by atoms with E-state index in [0.717, 1.165) is 49.6 Å². The predicted molar refractivity (Wildman–Crippen MR) is 85.5 cm³/mol. The Morgan fingerprint density at radius 2 is 1.80 bits per heavy atom. The van der Waals surface area contributed by atoms with Gasteiger partial charge in [0, 0.05) is 31.6 Å². The lowest BCUT2D eigenvalue weighted by atomic mass is 10.2. The van der Waals surface area contributed by atoms with E-state index in [1.54, 1.807) is 0 Å². The zero-order valence-electron chi connectivity index (χ0n) is 11.6. The second-order valence-corrected chi connectivity index (χ2v) is 4.85. The van der Waals surface area contributed by atoms with Gasteiger partial charge in [-0.2, -0.15) is 4.98 Å². The number of rotatable bonds is 2. The van der Waals surface area contributed by atoms with Crippen molar-refractivity contribution in [3.05, 3.63) is 24.3 Å². The molecule has 5 nitrogen and oxygen atoms in total. The molecule has 0 atom stereocenters. The molecule has 0 amide bonds. The molecule has 108 valence electrons. The summed E-state index contributed by atoms with van der Waals surface area (Å²) < 4.78 is 0. The summed E-state index contributed by atoms with van der Waals surface area (Å²) in [6, 6.07) is 7.89. The lowest BCUT2D eigenvalue weighted by Crippen LogP contribution is -2.46. The van der Waals surface area contributed by atoms with Gasteiger partial charge >= 0.3 is 0 Å². The van der Waals surface area contributed by atoms with Crippen LogP contribution in [0.5, 0.6) is 0 Å². The van der Waals surface area contributed by atoms with Gasteiger partial charge in [-0.05, 0) is 18.7 Å². The van der Waals surface area contributed by atoms with Crippen molar-refractivity contribution < 1.29 is 0 Å². The van der Waals surface area contributed by atoms with Crippen LogP contribution in [-0.4, -0.2) is 47.6 Å².